The molecule has 0 aromatic heterocycles. The number of ether oxygens (including phenoxy) is 8. The molecule has 21 nitrogen and oxygen atoms in total. The Labute approximate surface area is 335 Å². The number of aromatic hydroxyl groups is 4. The third-order valence-electron chi connectivity index (χ3n) is 8.74. The predicted octanol–water partition coefficient (Wildman–Crippen LogP) is 1.89. The van der Waals surface area contributed by atoms with Crippen molar-refractivity contribution in [2.75, 3.05) is 13.2 Å². The van der Waals surface area contributed by atoms with Crippen molar-refractivity contribution in [3.05, 3.63) is 29.5 Å². The lowest BCUT2D eigenvalue weighted by Gasteiger charge is -2.45. The summed E-state index contributed by atoms with van der Waals surface area (Å²) >= 11 is 0. The monoisotopic (exact) mass is 836 g/mol. The van der Waals surface area contributed by atoms with Gasteiger partial charge in [-0.25, -0.2) is 4.89 Å². The van der Waals surface area contributed by atoms with Gasteiger partial charge in [0.05, 0.1) is 10.8 Å². The second-order valence-corrected chi connectivity index (χ2v) is 13.5. The van der Waals surface area contributed by atoms with Gasteiger partial charge < -0.3 is 63.1 Å². The Balaban J connectivity index is 1.84. The fraction of sp³-hybridized carbons (Fsp3) is 0.500. The zero-order chi connectivity index (χ0) is 43.9. The molecule has 0 radical (unpaired) electrons. The molecule has 322 valence electrons. The quantitative estimate of drug-likeness (QED) is 0.0694. The average molecular weight is 837 g/mol. The Hall–Kier alpha value is -6.19. The van der Waals surface area contributed by atoms with Crippen molar-refractivity contribution in [3.8, 4) is 23.0 Å². The highest BCUT2D eigenvalue weighted by atomic mass is 17.2. The summed E-state index contributed by atoms with van der Waals surface area (Å²) in [4.78, 5) is 97.7. The number of esters is 6. The van der Waals surface area contributed by atoms with Crippen LogP contribution in [0.5, 0.6) is 23.0 Å². The van der Waals surface area contributed by atoms with Crippen molar-refractivity contribution in [3.63, 3.8) is 0 Å². The van der Waals surface area contributed by atoms with Crippen LogP contribution in [0, 0.1) is 5.92 Å². The van der Waals surface area contributed by atoms with Crippen molar-refractivity contribution in [1.29, 1.82) is 0 Å². The van der Waals surface area contributed by atoms with Crippen LogP contribution in [0.15, 0.2) is 24.0 Å². The van der Waals surface area contributed by atoms with E-state index >= 15 is 0 Å². The van der Waals surface area contributed by atoms with Gasteiger partial charge in [0, 0.05) is 59.4 Å². The summed E-state index contributed by atoms with van der Waals surface area (Å²) in [6.07, 6.45) is -12.2. The topological polar surface area (TPSA) is 293 Å². The van der Waals surface area contributed by atoms with Crippen LogP contribution in [0.25, 0.3) is 16.8 Å². The van der Waals surface area contributed by atoms with E-state index in [4.69, 9.17) is 47.7 Å². The maximum Gasteiger partial charge on any atom is 0.303 e. The molecule has 2 fully saturated rings. The van der Waals surface area contributed by atoms with Crippen LogP contribution in [-0.2, 0) is 81.2 Å². The Morgan fingerprint density at radius 3 is 1.68 bits per heavy atom. The maximum atomic E-state index is 12.8. The van der Waals surface area contributed by atoms with Crippen LogP contribution in [-0.4, -0.2) is 124 Å². The third kappa shape index (κ3) is 11.5. The molecule has 4 rings (SSSR count). The molecule has 0 unspecified atom stereocenters. The molecule has 9 atom stereocenters. The van der Waals surface area contributed by atoms with Crippen LogP contribution < -0.4 is 0 Å². The second-order valence-electron chi connectivity index (χ2n) is 13.5. The van der Waals surface area contributed by atoms with Crippen LogP contribution in [0.3, 0.4) is 0 Å². The molecule has 59 heavy (non-hydrogen) atoms. The lowest BCUT2D eigenvalue weighted by molar-refractivity contribution is -0.453. The number of phenolic OH excluding ortho intramolecular Hbond substituents is 4. The van der Waals surface area contributed by atoms with E-state index in [0.29, 0.717) is 0 Å². The third-order valence-corrected chi connectivity index (χ3v) is 8.74. The Morgan fingerprint density at radius 1 is 0.610 bits per heavy atom. The number of benzene rings is 2. The molecular weight excluding hydrogens is 792 g/mol. The number of hydrogen-bond acceptors (Lipinski definition) is 21. The fourth-order valence-corrected chi connectivity index (χ4v) is 6.59. The van der Waals surface area contributed by atoms with Gasteiger partial charge in [0.2, 0.25) is 6.29 Å². The average Bonchev–Trinajstić information content (AvgIpc) is 3.11. The van der Waals surface area contributed by atoms with Crippen molar-refractivity contribution in [2.45, 2.75) is 104 Å². The van der Waals surface area contributed by atoms with E-state index in [1.165, 1.54) is 6.92 Å². The molecule has 2 aliphatic heterocycles. The lowest BCUT2D eigenvalue weighted by atomic mass is 9.83. The van der Waals surface area contributed by atoms with E-state index in [9.17, 15) is 54.0 Å². The second kappa shape index (κ2) is 19.5. The predicted molar refractivity (Wildman–Crippen MR) is 192 cm³/mol. The number of rotatable bonds is 14. The first-order valence-electron chi connectivity index (χ1n) is 17.9. The molecule has 2 saturated heterocycles. The lowest BCUT2D eigenvalue weighted by Crippen LogP contribution is -2.63. The number of carbonyl (C=O) groups is 7. The maximum absolute atomic E-state index is 12.8. The highest BCUT2D eigenvalue weighted by molar-refractivity contribution is 6.03. The van der Waals surface area contributed by atoms with Gasteiger partial charge in [0.1, 0.15) is 60.0 Å². The first-order valence-corrected chi connectivity index (χ1v) is 17.9. The van der Waals surface area contributed by atoms with Gasteiger partial charge >= 0.3 is 35.8 Å². The van der Waals surface area contributed by atoms with E-state index in [2.05, 4.69) is 0 Å². The molecule has 2 aliphatic rings. The van der Waals surface area contributed by atoms with Crippen LogP contribution >= 0.6 is 0 Å². The molecule has 0 amide bonds. The van der Waals surface area contributed by atoms with Crippen molar-refractivity contribution in [2.24, 2.45) is 5.92 Å². The standard InChI is InChI=1S/C38H44O21/c1-15(39)10-23-33(52-18(4)42)27(12-22-11-26(48)30-24(46)8-9-25(47)31(30)32(22)49)56-28(13-50-16(2)40)34(23)58-59-38-37(55-21(7)45)36(54-20(6)44)35(53-19(5)43)29(57-38)14-51-17(3)41/h8-9,11-12,23,28-29,33-38,46-49H,10,13-14H2,1-7H3/t23-,28-,29-,33-,34+,35-,36+,37-,38+/m1/s1. The van der Waals surface area contributed by atoms with E-state index in [1.807, 2.05) is 0 Å². The zero-order valence-electron chi connectivity index (χ0n) is 32.9. The summed E-state index contributed by atoms with van der Waals surface area (Å²) < 4.78 is 44.2. The van der Waals surface area contributed by atoms with Gasteiger partial charge in [-0.1, -0.05) is 0 Å². The summed E-state index contributed by atoms with van der Waals surface area (Å²) in [5.41, 5.74) is -0.232. The summed E-state index contributed by atoms with van der Waals surface area (Å²) in [5.74, 6) is -9.57. The zero-order valence-corrected chi connectivity index (χ0v) is 32.9. The first kappa shape index (κ1) is 45.5. The van der Waals surface area contributed by atoms with E-state index in [1.54, 1.807) is 0 Å². The summed E-state index contributed by atoms with van der Waals surface area (Å²) in [6.45, 7) is 6.20. The normalized spacial score (nSPS) is 25.9. The molecule has 2 heterocycles. The number of fused-ring (bicyclic) bond motifs is 1. The Morgan fingerprint density at radius 2 is 1.14 bits per heavy atom. The minimum atomic E-state index is -1.89. The largest absolute Gasteiger partial charge is 0.507 e. The number of phenols is 4. The Kier molecular flexibility index (Phi) is 15.0. The molecular formula is C38H44O21. The molecule has 0 spiro atoms. The van der Waals surface area contributed by atoms with E-state index in [-0.39, 0.29) is 22.1 Å². The minimum Gasteiger partial charge on any atom is -0.507 e. The SMILES string of the molecule is CC(=O)C[C@H]1[C@H](OO[C@@H]2O[C@H](COC(C)=O)[C@@H](OC(C)=O)[C@H](OC(C)=O)[C@H]2OC(C)=O)[C@@H](COC(C)=O)OC(=Cc2cc(O)c3c(O)ccc(O)c3c2O)[C@@H]1OC(C)=O. The molecule has 0 bridgehead atoms. The van der Waals surface area contributed by atoms with Gasteiger partial charge in [-0.2, -0.15) is 4.89 Å². The summed E-state index contributed by atoms with van der Waals surface area (Å²) in [6, 6.07) is 3.17. The smallest absolute Gasteiger partial charge is 0.303 e. The fourth-order valence-electron chi connectivity index (χ4n) is 6.59. The van der Waals surface area contributed by atoms with Gasteiger partial charge in [-0.05, 0) is 31.2 Å². The molecule has 2 aromatic rings. The van der Waals surface area contributed by atoms with E-state index in [0.717, 1.165) is 65.8 Å². The molecule has 0 aliphatic carbocycles. The van der Waals surface area contributed by atoms with Crippen molar-refractivity contribution >= 4 is 58.4 Å². The first-order chi connectivity index (χ1) is 27.7. The highest BCUT2D eigenvalue weighted by Crippen LogP contribution is 2.46. The number of Topliss-reactive ketones (excluding diaryl/α,β-unsaturated/α-hetero) is 1. The number of carbonyl (C=O) groups excluding carboxylic acids is 7. The van der Waals surface area contributed by atoms with Gasteiger partial charge in [-0.3, -0.25) is 28.8 Å². The van der Waals surface area contributed by atoms with Crippen LogP contribution in [0.1, 0.15) is 60.5 Å². The Bertz CT molecular complexity index is 1990. The molecule has 21 heteroatoms. The highest BCUT2D eigenvalue weighted by Gasteiger charge is 2.55. The summed E-state index contributed by atoms with van der Waals surface area (Å²) in [5, 5.41) is 42.3. The molecule has 4 N–H and O–H groups in total. The van der Waals surface area contributed by atoms with Gasteiger partial charge in [-0.15, -0.1) is 0 Å². The minimum absolute atomic E-state index is 0.232. The summed E-state index contributed by atoms with van der Waals surface area (Å²) in [7, 11) is 0. The molecule has 2 aromatic carbocycles. The van der Waals surface area contributed by atoms with Crippen molar-refractivity contribution in [1.82, 2.24) is 0 Å². The molecule has 0 saturated carbocycles. The number of hydrogen-bond donors (Lipinski definition) is 4. The van der Waals surface area contributed by atoms with Gasteiger partial charge in [0.15, 0.2) is 30.5 Å². The van der Waals surface area contributed by atoms with Gasteiger partial charge in [0.25, 0.3) is 0 Å². The van der Waals surface area contributed by atoms with Crippen LogP contribution in [0.4, 0.5) is 0 Å². The number of ketones is 1. The van der Waals surface area contributed by atoms with E-state index < -0.39 is 139 Å². The van der Waals surface area contributed by atoms with Crippen molar-refractivity contribution < 1.29 is 102 Å². The van der Waals surface area contributed by atoms with Crippen LogP contribution in [0.2, 0.25) is 0 Å².